The summed E-state index contributed by atoms with van der Waals surface area (Å²) in [6, 6.07) is 12.1. The van der Waals surface area contributed by atoms with Gasteiger partial charge in [-0.15, -0.1) is 0 Å². The maximum absolute atomic E-state index is 13.3. The molecule has 0 saturated heterocycles. The first-order valence-corrected chi connectivity index (χ1v) is 8.18. The van der Waals surface area contributed by atoms with Crippen LogP contribution in [-0.2, 0) is 12.8 Å². The summed E-state index contributed by atoms with van der Waals surface area (Å²) in [7, 11) is 0. The lowest BCUT2D eigenvalue weighted by atomic mass is 9.87. The quantitative estimate of drug-likeness (QED) is 0.546. The van der Waals surface area contributed by atoms with E-state index in [9.17, 15) is 13.2 Å². The first-order chi connectivity index (χ1) is 10.9. The molecule has 0 nitrogen and oxygen atoms in total. The number of aryl methyl sites for hydroxylation is 1. The lowest BCUT2D eigenvalue weighted by molar-refractivity contribution is -0.176. The topological polar surface area (TPSA) is 0 Å². The monoisotopic (exact) mass is 318 g/mol. The zero-order valence-corrected chi connectivity index (χ0v) is 13.5. The number of halogens is 3. The Labute approximate surface area is 135 Å². The van der Waals surface area contributed by atoms with E-state index in [0.29, 0.717) is 6.42 Å². The van der Waals surface area contributed by atoms with Gasteiger partial charge in [0.25, 0.3) is 0 Å². The fourth-order valence-electron chi connectivity index (χ4n) is 3.65. The molecule has 0 fully saturated rings. The van der Waals surface area contributed by atoms with Crippen LogP contribution >= 0.6 is 0 Å². The van der Waals surface area contributed by atoms with Crippen LogP contribution in [0.3, 0.4) is 0 Å². The van der Waals surface area contributed by atoms with E-state index in [-0.39, 0.29) is 12.8 Å². The van der Waals surface area contributed by atoms with E-state index in [1.54, 1.807) is 0 Å². The van der Waals surface area contributed by atoms with Crippen molar-refractivity contribution in [2.75, 3.05) is 0 Å². The maximum atomic E-state index is 13.3. The zero-order valence-electron chi connectivity index (χ0n) is 13.5. The van der Waals surface area contributed by atoms with Gasteiger partial charge in [0, 0.05) is 0 Å². The Morgan fingerprint density at radius 3 is 2.48 bits per heavy atom. The Bertz CT molecular complexity index is 713. The van der Waals surface area contributed by atoms with Gasteiger partial charge in [-0.3, -0.25) is 0 Å². The molecule has 23 heavy (non-hydrogen) atoms. The minimum Gasteiger partial charge on any atom is -0.171 e. The highest BCUT2D eigenvalue weighted by Gasteiger charge is 2.39. The number of rotatable bonds is 4. The molecule has 122 valence electrons. The van der Waals surface area contributed by atoms with Crippen molar-refractivity contribution in [2.45, 2.75) is 45.7 Å². The van der Waals surface area contributed by atoms with E-state index in [1.165, 1.54) is 11.1 Å². The van der Waals surface area contributed by atoms with E-state index >= 15 is 0 Å². The van der Waals surface area contributed by atoms with Crippen LogP contribution < -0.4 is 0 Å². The van der Waals surface area contributed by atoms with Gasteiger partial charge in [0.15, 0.2) is 0 Å². The molecule has 0 radical (unpaired) electrons. The summed E-state index contributed by atoms with van der Waals surface area (Å²) >= 11 is 0. The lowest BCUT2D eigenvalue weighted by Crippen LogP contribution is -2.25. The normalized spacial score (nSPS) is 14.5. The Hall–Kier alpha value is -1.77. The number of hydrogen-bond acceptors (Lipinski definition) is 0. The van der Waals surface area contributed by atoms with Crippen LogP contribution in [0.15, 0.2) is 36.4 Å². The number of fused-ring (bicyclic) bond motifs is 3. The van der Waals surface area contributed by atoms with E-state index in [2.05, 4.69) is 18.2 Å². The molecular weight excluding hydrogens is 297 g/mol. The van der Waals surface area contributed by atoms with Crippen molar-refractivity contribution >= 4 is 0 Å². The van der Waals surface area contributed by atoms with Gasteiger partial charge in [0.05, 0.1) is 5.92 Å². The largest absolute Gasteiger partial charge is 0.392 e. The summed E-state index contributed by atoms with van der Waals surface area (Å²) in [5.74, 6) is -1.25. The van der Waals surface area contributed by atoms with Crippen LogP contribution in [0.25, 0.3) is 11.1 Å². The standard InChI is InChI=1S/C20H21F3/c1-3-6-15(20(21,22)23)12-18-13(2)9-10-17-16-8-5-4-7-14(16)11-19(17)18/h4-5,7-10,15H,3,6,11-12H2,1-2H3. The van der Waals surface area contributed by atoms with Crippen LogP contribution in [0, 0.1) is 12.8 Å². The molecule has 1 aliphatic carbocycles. The molecule has 3 heteroatoms. The molecule has 1 unspecified atom stereocenters. The van der Waals surface area contributed by atoms with E-state index in [4.69, 9.17) is 0 Å². The second kappa shape index (κ2) is 6.03. The molecule has 0 heterocycles. The smallest absolute Gasteiger partial charge is 0.171 e. The fourth-order valence-corrected chi connectivity index (χ4v) is 3.65. The van der Waals surface area contributed by atoms with Crippen LogP contribution in [0.2, 0.25) is 0 Å². The zero-order chi connectivity index (χ0) is 16.6. The highest BCUT2D eigenvalue weighted by molar-refractivity contribution is 5.78. The Morgan fingerprint density at radius 1 is 1.04 bits per heavy atom. The third-order valence-corrected chi connectivity index (χ3v) is 4.89. The van der Waals surface area contributed by atoms with Gasteiger partial charge in [-0.2, -0.15) is 13.2 Å². The molecule has 2 aromatic carbocycles. The first-order valence-electron chi connectivity index (χ1n) is 8.18. The highest BCUT2D eigenvalue weighted by Crippen LogP contribution is 2.41. The Balaban J connectivity index is 2.01. The molecule has 0 aliphatic heterocycles. The summed E-state index contributed by atoms with van der Waals surface area (Å²) in [6.45, 7) is 3.74. The molecule has 1 aliphatic rings. The van der Waals surface area contributed by atoms with Crippen molar-refractivity contribution in [3.05, 3.63) is 58.7 Å². The van der Waals surface area contributed by atoms with E-state index in [0.717, 1.165) is 28.7 Å². The molecule has 0 spiro atoms. The summed E-state index contributed by atoms with van der Waals surface area (Å²) in [6.07, 6.45) is -2.53. The third-order valence-electron chi connectivity index (χ3n) is 4.89. The minimum absolute atomic E-state index is 0.0976. The predicted octanol–water partition coefficient (Wildman–Crippen LogP) is 6.09. The van der Waals surface area contributed by atoms with Crippen LogP contribution in [0.4, 0.5) is 13.2 Å². The van der Waals surface area contributed by atoms with E-state index in [1.807, 2.05) is 32.0 Å². The maximum Gasteiger partial charge on any atom is 0.392 e. The predicted molar refractivity (Wildman–Crippen MR) is 87.6 cm³/mol. The van der Waals surface area contributed by atoms with Gasteiger partial charge in [0.1, 0.15) is 0 Å². The lowest BCUT2D eigenvalue weighted by Gasteiger charge is -2.22. The van der Waals surface area contributed by atoms with Crippen molar-refractivity contribution < 1.29 is 13.2 Å². The SMILES string of the molecule is CCCC(Cc1c(C)ccc2c1Cc1ccccc1-2)C(F)(F)F. The molecular formula is C20H21F3. The first kappa shape index (κ1) is 16.1. The van der Waals surface area contributed by atoms with E-state index < -0.39 is 12.1 Å². The number of benzene rings is 2. The molecule has 3 rings (SSSR count). The van der Waals surface area contributed by atoms with Crippen LogP contribution in [0.5, 0.6) is 0 Å². The van der Waals surface area contributed by atoms with Crippen molar-refractivity contribution in [2.24, 2.45) is 5.92 Å². The molecule has 1 atom stereocenters. The second-order valence-electron chi connectivity index (χ2n) is 6.45. The minimum atomic E-state index is -4.13. The van der Waals surface area contributed by atoms with Gasteiger partial charge >= 0.3 is 6.18 Å². The summed E-state index contributed by atoms with van der Waals surface area (Å²) in [4.78, 5) is 0. The third kappa shape index (κ3) is 3.01. The highest BCUT2D eigenvalue weighted by atomic mass is 19.4. The van der Waals surface area contributed by atoms with Crippen LogP contribution in [-0.4, -0.2) is 6.18 Å². The van der Waals surface area contributed by atoms with Crippen molar-refractivity contribution in [3.8, 4) is 11.1 Å². The summed E-state index contributed by atoms with van der Waals surface area (Å²) < 4.78 is 40.0. The van der Waals surface area contributed by atoms with Crippen molar-refractivity contribution in [1.29, 1.82) is 0 Å². The van der Waals surface area contributed by atoms with Gasteiger partial charge in [-0.05, 0) is 59.6 Å². The summed E-state index contributed by atoms with van der Waals surface area (Å²) in [5.41, 5.74) is 6.46. The molecule has 2 aromatic rings. The Morgan fingerprint density at radius 2 is 1.78 bits per heavy atom. The Kier molecular flexibility index (Phi) is 4.22. The van der Waals surface area contributed by atoms with Gasteiger partial charge in [-0.1, -0.05) is 49.7 Å². The fraction of sp³-hybridized carbons (Fsp3) is 0.400. The average molecular weight is 318 g/mol. The second-order valence-corrected chi connectivity index (χ2v) is 6.45. The van der Waals surface area contributed by atoms with Gasteiger partial charge in [0.2, 0.25) is 0 Å². The average Bonchev–Trinajstić information content (AvgIpc) is 2.87. The van der Waals surface area contributed by atoms with Gasteiger partial charge < -0.3 is 0 Å². The molecule has 0 saturated carbocycles. The van der Waals surface area contributed by atoms with Crippen molar-refractivity contribution in [3.63, 3.8) is 0 Å². The molecule has 0 bridgehead atoms. The molecule has 0 amide bonds. The summed E-state index contributed by atoms with van der Waals surface area (Å²) in [5, 5.41) is 0. The van der Waals surface area contributed by atoms with Gasteiger partial charge in [-0.25, -0.2) is 0 Å². The number of hydrogen-bond donors (Lipinski definition) is 0. The molecule has 0 N–H and O–H groups in total. The number of alkyl halides is 3. The van der Waals surface area contributed by atoms with Crippen molar-refractivity contribution in [1.82, 2.24) is 0 Å². The molecule has 0 aromatic heterocycles. The van der Waals surface area contributed by atoms with Crippen LogP contribution in [0.1, 0.15) is 42.0 Å².